The standard InChI is InChI=1S/C20H23ClN2O7S/c1-13-5-8-16(17(9-13)28-4)29-12-20(25)30-11-19(24)22-14-6-7-15(21)18(10-14)31(26,27)23(2)3/h5-10H,11-12H2,1-4H3,(H,22,24). The van der Waals surface area contributed by atoms with Gasteiger partial charge in [0.2, 0.25) is 10.0 Å². The number of sulfonamides is 1. The number of anilines is 1. The Labute approximate surface area is 185 Å². The predicted molar refractivity (Wildman–Crippen MR) is 115 cm³/mol. The quantitative estimate of drug-likeness (QED) is 0.560. The number of rotatable bonds is 9. The molecule has 31 heavy (non-hydrogen) atoms. The third-order valence-electron chi connectivity index (χ3n) is 4.00. The number of carbonyl (C=O) groups is 2. The molecule has 168 valence electrons. The number of methoxy groups -OCH3 is 1. The minimum atomic E-state index is -3.80. The van der Waals surface area contributed by atoms with Crippen LogP contribution < -0.4 is 14.8 Å². The fourth-order valence-electron chi connectivity index (χ4n) is 2.39. The van der Waals surface area contributed by atoms with Gasteiger partial charge in [0, 0.05) is 19.8 Å². The van der Waals surface area contributed by atoms with Crippen molar-refractivity contribution >= 4 is 39.2 Å². The van der Waals surface area contributed by atoms with E-state index in [9.17, 15) is 18.0 Å². The summed E-state index contributed by atoms with van der Waals surface area (Å²) in [6.45, 7) is 0.892. The maximum Gasteiger partial charge on any atom is 0.344 e. The van der Waals surface area contributed by atoms with Gasteiger partial charge in [0.15, 0.2) is 24.7 Å². The first kappa shape index (κ1) is 24.4. The van der Waals surface area contributed by atoms with E-state index in [1.807, 2.05) is 6.92 Å². The van der Waals surface area contributed by atoms with Crippen molar-refractivity contribution in [2.45, 2.75) is 11.8 Å². The predicted octanol–water partition coefficient (Wildman–Crippen LogP) is 2.47. The number of carbonyl (C=O) groups excluding carboxylic acids is 2. The monoisotopic (exact) mass is 470 g/mol. The molecule has 2 aromatic carbocycles. The van der Waals surface area contributed by atoms with Crippen LogP contribution in [0.25, 0.3) is 0 Å². The first-order chi connectivity index (χ1) is 14.5. The van der Waals surface area contributed by atoms with Crippen molar-refractivity contribution in [3.8, 4) is 11.5 Å². The molecule has 0 aliphatic carbocycles. The van der Waals surface area contributed by atoms with Crippen molar-refractivity contribution in [2.24, 2.45) is 0 Å². The smallest absolute Gasteiger partial charge is 0.344 e. The molecule has 0 bridgehead atoms. The van der Waals surface area contributed by atoms with E-state index in [2.05, 4.69) is 5.32 Å². The van der Waals surface area contributed by atoms with Gasteiger partial charge in [-0.3, -0.25) is 4.79 Å². The Morgan fingerprint density at radius 2 is 1.77 bits per heavy atom. The first-order valence-corrected chi connectivity index (χ1v) is 10.8. The second-order valence-electron chi connectivity index (χ2n) is 6.58. The van der Waals surface area contributed by atoms with E-state index >= 15 is 0 Å². The Balaban J connectivity index is 1.92. The van der Waals surface area contributed by atoms with Crippen molar-refractivity contribution in [2.75, 3.05) is 39.7 Å². The Bertz CT molecular complexity index is 1070. The molecule has 0 aliphatic heterocycles. The maximum absolute atomic E-state index is 12.3. The Kier molecular flexibility index (Phi) is 8.26. The van der Waals surface area contributed by atoms with Gasteiger partial charge in [0.05, 0.1) is 12.1 Å². The van der Waals surface area contributed by atoms with Gasteiger partial charge < -0.3 is 19.5 Å². The zero-order valence-electron chi connectivity index (χ0n) is 17.5. The topological polar surface area (TPSA) is 111 Å². The van der Waals surface area contributed by atoms with Crippen LogP contribution in [0.2, 0.25) is 5.02 Å². The van der Waals surface area contributed by atoms with E-state index < -0.39 is 35.1 Å². The van der Waals surface area contributed by atoms with Gasteiger partial charge in [0.1, 0.15) is 4.90 Å². The van der Waals surface area contributed by atoms with Crippen molar-refractivity contribution in [1.82, 2.24) is 4.31 Å². The molecule has 0 aromatic heterocycles. The summed E-state index contributed by atoms with van der Waals surface area (Å²) in [6.07, 6.45) is 0. The fourth-order valence-corrected chi connectivity index (χ4v) is 3.78. The third-order valence-corrected chi connectivity index (χ3v) is 6.30. The number of hydrogen-bond acceptors (Lipinski definition) is 7. The second kappa shape index (κ2) is 10.5. The summed E-state index contributed by atoms with van der Waals surface area (Å²) >= 11 is 5.97. The zero-order valence-corrected chi connectivity index (χ0v) is 19.0. The lowest BCUT2D eigenvalue weighted by Crippen LogP contribution is -2.24. The summed E-state index contributed by atoms with van der Waals surface area (Å²) in [7, 11) is 0.418. The summed E-state index contributed by atoms with van der Waals surface area (Å²) in [5.74, 6) is -0.580. The van der Waals surface area contributed by atoms with E-state index in [-0.39, 0.29) is 15.6 Å². The van der Waals surface area contributed by atoms with E-state index in [0.29, 0.717) is 11.5 Å². The normalized spacial score (nSPS) is 11.2. The van der Waals surface area contributed by atoms with E-state index in [1.54, 1.807) is 18.2 Å². The molecule has 2 aromatic rings. The highest BCUT2D eigenvalue weighted by Gasteiger charge is 2.21. The number of amides is 1. The van der Waals surface area contributed by atoms with Crippen LogP contribution in [0.4, 0.5) is 5.69 Å². The minimum Gasteiger partial charge on any atom is -0.493 e. The van der Waals surface area contributed by atoms with Gasteiger partial charge in [-0.25, -0.2) is 17.5 Å². The zero-order chi connectivity index (χ0) is 23.2. The van der Waals surface area contributed by atoms with Gasteiger partial charge >= 0.3 is 5.97 Å². The lowest BCUT2D eigenvalue weighted by atomic mass is 10.2. The highest BCUT2D eigenvalue weighted by Crippen LogP contribution is 2.28. The van der Waals surface area contributed by atoms with Crippen LogP contribution in [-0.4, -0.2) is 59.0 Å². The first-order valence-electron chi connectivity index (χ1n) is 8.99. The molecule has 0 atom stereocenters. The van der Waals surface area contributed by atoms with Crippen molar-refractivity contribution in [3.63, 3.8) is 0 Å². The summed E-state index contributed by atoms with van der Waals surface area (Å²) < 4.78 is 41.0. The average molecular weight is 471 g/mol. The molecule has 0 radical (unpaired) electrons. The molecule has 0 saturated carbocycles. The van der Waals surface area contributed by atoms with Gasteiger partial charge in [0.25, 0.3) is 5.91 Å². The van der Waals surface area contributed by atoms with Crippen LogP contribution in [0.15, 0.2) is 41.3 Å². The second-order valence-corrected chi connectivity index (χ2v) is 9.11. The largest absolute Gasteiger partial charge is 0.493 e. The molecular weight excluding hydrogens is 448 g/mol. The number of nitrogens with one attached hydrogen (secondary N) is 1. The molecule has 1 amide bonds. The van der Waals surface area contributed by atoms with Crippen LogP contribution in [0.1, 0.15) is 5.56 Å². The molecule has 0 aliphatic rings. The number of benzene rings is 2. The molecule has 2 rings (SSSR count). The minimum absolute atomic E-state index is 0.0156. The molecular formula is C20H23ClN2O7S. The molecule has 9 nitrogen and oxygen atoms in total. The number of nitrogens with zero attached hydrogens (tertiary/aromatic N) is 1. The summed E-state index contributed by atoms with van der Waals surface area (Å²) in [5, 5.41) is 2.47. The van der Waals surface area contributed by atoms with Gasteiger partial charge in [-0.05, 0) is 42.8 Å². The summed E-state index contributed by atoms with van der Waals surface area (Å²) in [6, 6.07) is 9.22. The lowest BCUT2D eigenvalue weighted by molar-refractivity contribution is -0.149. The molecule has 0 fully saturated rings. The van der Waals surface area contributed by atoms with E-state index in [1.165, 1.54) is 39.4 Å². The van der Waals surface area contributed by atoms with Crippen molar-refractivity contribution < 1.29 is 32.2 Å². The highest BCUT2D eigenvalue weighted by atomic mass is 35.5. The van der Waals surface area contributed by atoms with E-state index in [4.69, 9.17) is 25.8 Å². The number of halogens is 1. The maximum atomic E-state index is 12.3. The molecule has 0 heterocycles. The third kappa shape index (κ3) is 6.58. The number of aryl methyl sites for hydroxylation is 1. The fraction of sp³-hybridized carbons (Fsp3) is 0.300. The Morgan fingerprint density at radius 1 is 1.06 bits per heavy atom. The Hall–Kier alpha value is -2.82. The Morgan fingerprint density at radius 3 is 2.42 bits per heavy atom. The molecule has 1 N–H and O–H groups in total. The van der Waals surface area contributed by atoms with E-state index in [0.717, 1.165) is 9.87 Å². The summed E-state index contributed by atoms with van der Waals surface area (Å²) in [4.78, 5) is 23.8. The lowest BCUT2D eigenvalue weighted by Gasteiger charge is -2.14. The van der Waals surface area contributed by atoms with Crippen LogP contribution in [0.3, 0.4) is 0 Å². The van der Waals surface area contributed by atoms with Crippen LogP contribution in [0.5, 0.6) is 11.5 Å². The van der Waals surface area contributed by atoms with Crippen molar-refractivity contribution in [3.05, 3.63) is 47.0 Å². The van der Waals surface area contributed by atoms with Crippen LogP contribution >= 0.6 is 11.6 Å². The molecule has 0 unspecified atom stereocenters. The number of ether oxygens (including phenoxy) is 3. The van der Waals surface area contributed by atoms with Crippen molar-refractivity contribution in [1.29, 1.82) is 0 Å². The highest BCUT2D eigenvalue weighted by molar-refractivity contribution is 7.89. The molecule has 0 saturated heterocycles. The average Bonchev–Trinajstić information content (AvgIpc) is 2.72. The van der Waals surface area contributed by atoms with Gasteiger partial charge in [-0.1, -0.05) is 17.7 Å². The molecule has 11 heteroatoms. The number of esters is 1. The molecule has 0 spiro atoms. The van der Waals surface area contributed by atoms with Crippen LogP contribution in [0, 0.1) is 6.92 Å². The number of hydrogen-bond donors (Lipinski definition) is 1. The SMILES string of the molecule is COc1cc(C)ccc1OCC(=O)OCC(=O)Nc1ccc(Cl)c(S(=O)(=O)N(C)C)c1. The van der Waals surface area contributed by atoms with Gasteiger partial charge in [-0.15, -0.1) is 0 Å². The summed E-state index contributed by atoms with van der Waals surface area (Å²) in [5.41, 5.74) is 1.15. The van der Waals surface area contributed by atoms with Crippen LogP contribution in [-0.2, 0) is 24.3 Å². The van der Waals surface area contributed by atoms with Gasteiger partial charge in [-0.2, -0.15) is 0 Å².